The largest absolute Gasteiger partial charge is 0.481 e. The Morgan fingerprint density at radius 3 is 2.81 bits per heavy atom. The Morgan fingerprint density at radius 2 is 2.19 bits per heavy atom. The van der Waals surface area contributed by atoms with E-state index in [4.69, 9.17) is 5.11 Å². The number of carbonyl (C=O) groups excluding carboxylic acids is 2. The Balaban J connectivity index is 2.30. The van der Waals surface area contributed by atoms with Crippen LogP contribution >= 0.6 is 15.9 Å². The molecule has 2 rings (SSSR count). The minimum absolute atomic E-state index is 0.137. The first-order valence-electron chi connectivity index (χ1n) is 6.15. The van der Waals surface area contributed by atoms with Crippen LogP contribution in [-0.4, -0.2) is 46.9 Å². The number of carbonyl (C=O) groups is 3. The standard InChI is InChI=1S/C13H12BrFN2O4/c14-7-1-2-8(9(15)5-7)13(21)17-4-3-16-12(20)10(17)6-11(18)19/h1-2,5,10H,3-4,6H2,(H,16,20)(H,18,19). The van der Waals surface area contributed by atoms with E-state index in [9.17, 15) is 18.8 Å². The van der Waals surface area contributed by atoms with Crippen molar-refractivity contribution in [2.24, 2.45) is 0 Å². The van der Waals surface area contributed by atoms with E-state index < -0.39 is 36.1 Å². The summed E-state index contributed by atoms with van der Waals surface area (Å²) in [5.74, 6) is -3.17. The maximum absolute atomic E-state index is 13.8. The lowest BCUT2D eigenvalue weighted by Crippen LogP contribution is -2.57. The summed E-state index contributed by atoms with van der Waals surface area (Å²) in [5, 5.41) is 11.3. The summed E-state index contributed by atoms with van der Waals surface area (Å²) in [6.07, 6.45) is -0.518. The van der Waals surface area contributed by atoms with E-state index in [1.807, 2.05) is 0 Å². The van der Waals surface area contributed by atoms with E-state index in [0.717, 1.165) is 11.0 Å². The van der Waals surface area contributed by atoms with Crippen molar-refractivity contribution in [2.45, 2.75) is 12.5 Å². The van der Waals surface area contributed by atoms with Crippen molar-refractivity contribution >= 4 is 33.7 Å². The molecule has 0 radical (unpaired) electrons. The molecule has 1 fully saturated rings. The lowest BCUT2D eigenvalue weighted by atomic mass is 10.1. The first kappa shape index (κ1) is 15.4. The quantitative estimate of drug-likeness (QED) is 0.843. The number of rotatable bonds is 3. The van der Waals surface area contributed by atoms with Crippen molar-refractivity contribution in [3.8, 4) is 0 Å². The molecule has 6 nitrogen and oxygen atoms in total. The third kappa shape index (κ3) is 3.38. The summed E-state index contributed by atoms with van der Waals surface area (Å²) in [6.45, 7) is 0.344. The third-order valence-electron chi connectivity index (χ3n) is 3.12. The number of halogens is 2. The first-order valence-corrected chi connectivity index (χ1v) is 6.95. The topological polar surface area (TPSA) is 86.7 Å². The van der Waals surface area contributed by atoms with Crippen molar-refractivity contribution in [1.82, 2.24) is 10.2 Å². The van der Waals surface area contributed by atoms with Crippen molar-refractivity contribution < 1.29 is 23.9 Å². The highest BCUT2D eigenvalue weighted by atomic mass is 79.9. The Kier molecular flexibility index (Phi) is 4.56. The lowest BCUT2D eigenvalue weighted by molar-refractivity contribution is -0.142. The summed E-state index contributed by atoms with van der Waals surface area (Å²) in [5.41, 5.74) is -0.191. The Labute approximate surface area is 128 Å². The van der Waals surface area contributed by atoms with Crippen molar-refractivity contribution in [3.05, 3.63) is 34.1 Å². The van der Waals surface area contributed by atoms with Crippen LogP contribution in [-0.2, 0) is 9.59 Å². The molecule has 8 heteroatoms. The van der Waals surface area contributed by atoms with Gasteiger partial charge in [-0.2, -0.15) is 0 Å². The first-order chi connectivity index (χ1) is 9.90. The maximum atomic E-state index is 13.8. The Hall–Kier alpha value is -1.96. The molecule has 1 aromatic carbocycles. The van der Waals surface area contributed by atoms with Gasteiger partial charge < -0.3 is 15.3 Å². The molecule has 1 atom stereocenters. The summed E-state index contributed by atoms with van der Waals surface area (Å²) < 4.78 is 14.3. The average Bonchev–Trinajstić information content (AvgIpc) is 2.40. The second-order valence-electron chi connectivity index (χ2n) is 4.53. The molecule has 2 amide bonds. The van der Waals surface area contributed by atoms with Gasteiger partial charge in [0.25, 0.3) is 5.91 Å². The van der Waals surface area contributed by atoms with Gasteiger partial charge in [0.15, 0.2) is 0 Å². The number of aliphatic carboxylic acids is 1. The zero-order valence-corrected chi connectivity index (χ0v) is 12.4. The Bertz CT molecular complexity index is 608. The summed E-state index contributed by atoms with van der Waals surface area (Å²) in [7, 11) is 0. The molecule has 1 unspecified atom stereocenters. The van der Waals surface area contributed by atoms with Gasteiger partial charge in [-0.15, -0.1) is 0 Å². The number of hydrogen-bond acceptors (Lipinski definition) is 3. The van der Waals surface area contributed by atoms with Crippen LogP contribution in [0.5, 0.6) is 0 Å². The van der Waals surface area contributed by atoms with Crippen LogP contribution in [0.25, 0.3) is 0 Å². The second kappa shape index (κ2) is 6.21. The van der Waals surface area contributed by atoms with Crippen LogP contribution in [0, 0.1) is 5.82 Å². The fourth-order valence-corrected chi connectivity index (χ4v) is 2.48. The van der Waals surface area contributed by atoms with Gasteiger partial charge in [0.1, 0.15) is 11.9 Å². The van der Waals surface area contributed by atoms with E-state index in [1.165, 1.54) is 12.1 Å². The molecule has 0 aliphatic carbocycles. The normalized spacial score (nSPS) is 18.3. The third-order valence-corrected chi connectivity index (χ3v) is 3.61. The Morgan fingerprint density at radius 1 is 1.48 bits per heavy atom. The summed E-state index contributed by atoms with van der Waals surface area (Å²) in [6, 6.07) is 2.81. The molecule has 0 aromatic heterocycles. The van der Waals surface area contributed by atoms with Gasteiger partial charge in [-0.3, -0.25) is 14.4 Å². The smallest absolute Gasteiger partial charge is 0.305 e. The zero-order chi connectivity index (χ0) is 15.6. The van der Waals surface area contributed by atoms with Crippen LogP contribution in [0.2, 0.25) is 0 Å². The van der Waals surface area contributed by atoms with Gasteiger partial charge >= 0.3 is 5.97 Å². The van der Waals surface area contributed by atoms with Gasteiger partial charge in [-0.25, -0.2) is 4.39 Å². The number of carboxylic acid groups (broad SMARTS) is 1. The molecule has 1 aromatic rings. The molecular formula is C13H12BrFN2O4. The lowest BCUT2D eigenvalue weighted by Gasteiger charge is -2.34. The minimum atomic E-state index is -1.20. The molecule has 1 aliphatic rings. The molecule has 0 saturated carbocycles. The number of nitrogens with one attached hydrogen (secondary N) is 1. The van der Waals surface area contributed by atoms with Crippen LogP contribution in [0.4, 0.5) is 4.39 Å². The molecule has 2 N–H and O–H groups in total. The number of piperazine rings is 1. The van der Waals surface area contributed by atoms with Crippen LogP contribution in [0.1, 0.15) is 16.8 Å². The predicted octanol–water partition coefficient (Wildman–Crippen LogP) is 1.00. The van der Waals surface area contributed by atoms with Gasteiger partial charge in [0.2, 0.25) is 5.91 Å². The molecule has 1 heterocycles. The minimum Gasteiger partial charge on any atom is -0.481 e. The second-order valence-corrected chi connectivity index (χ2v) is 5.44. The SMILES string of the molecule is O=C(O)CC1C(=O)NCCN1C(=O)c1ccc(Br)cc1F. The highest BCUT2D eigenvalue weighted by Gasteiger charge is 2.35. The van der Waals surface area contributed by atoms with E-state index in [0.29, 0.717) is 4.47 Å². The predicted molar refractivity (Wildman–Crippen MR) is 74.2 cm³/mol. The number of carboxylic acids is 1. The highest BCUT2D eigenvalue weighted by molar-refractivity contribution is 9.10. The van der Waals surface area contributed by atoms with Crippen molar-refractivity contribution in [1.29, 1.82) is 0 Å². The van der Waals surface area contributed by atoms with E-state index in [1.54, 1.807) is 0 Å². The van der Waals surface area contributed by atoms with Gasteiger partial charge in [-0.05, 0) is 18.2 Å². The molecule has 21 heavy (non-hydrogen) atoms. The number of benzene rings is 1. The van der Waals surface area contributed by atoms with Crippen molar-refractivity contribution in [2.75, 3.05) is 13.1 Å². The maximum Gasteiger partial charge on any atom is 0.305 e. The molecule has 0 bridgehead atoms. The van der Waals surface area contributed by atoms with Crippen LogP contribution in [0.15, 0.2) is 22.7 Å². The number of nitrogens with zero attached hydrogens (tertiary/aromatic N) is 1. The monoisotopic (exact) mass is 358 g/mol. The van der Waals surface area contributed by atoms with Gasteiger partial charge in [-0.1, -0.05) is 15.9 Å². The zero-order valence-electron chi connectivity index (χ0n) is 10.8. The number of amides is 2. The van der Waals surface area contributed by atoms with Crippen molar-refractivity contribution in [3.63, 3.8) is 0 Å². The average molecular weight is 359 g/mol. The summed E-state index contributed by atoms with van der Waals surface area (Å²) in [4.78, 5) is 36.0. The van der Waals surface area contributed by atoms with Gasteiger partial charge in [0, 0.05) is 17.6 Å². The van der Waals surface area contributed by atoms with Crippen LogP contribution < -0.4 is 5.32 Å². The molecule has 0 spiro atoms. The molecule has 1 aliphatic heterocycles. The van der Waals surface area contributed by atoms with Gasteiger partial charge in [0.05, 0.1) is 12.0 Å². The molecule has 1 saturated heterocycles. The van der Waals surface area contributed by atoms with Crippen LogP contribution in [0.3, 0.4) is 0 Å². The van der Waals surface area contributed by atoms with E-state index in [-0.39, 0.29) is 18.7 Å². The molecular weight excluding hydrogens is 347 g/mol. The highest BCUT2D eigenvalue weighted by Crippen LogP contribution is 2.19. The number of hydrogen-bond donors (Lipinski definition) is 2. The molecule has 112 valence electrons. The van der Waals surface area contributed by atoms with E-state index >= 15 is 0 Å². The summed E-state index contributed by atoms with van der Waals surface area (Å²) >= 11 is 3.09. The fraction of sp³-hybridized carbons (Fsp3) is 0.308. The van der Waals surface area contributed by atoms with E-state index in [2.05, 4.69) is 21.2 Å². The fourth-order valence-electron chi connectivity index (χ4n) is 2.14.